The highest BCUT2D eigenvalue weighted by Crippen LogP contribution is 2.27. The molecule has 0 saturated carbocycles. The van der Waals surface area contributed by atoms with Gasteiger partial charge in [-0.25, -0.2) is 4.63 Å². The molecule has 0 atom stereocenters. The van der Waals surface area contributed by atoms with Crippen molar-refractivity contribution < 1.29 is 4.63 Å². The van der Waals surface area contributed by atoms with E-state index in [9.17, 15) is 0 Å². The monoisotopic (exact) mass is 474 g/mol. The Balaban J connectivity index is 1.91. The van der Waals surface area contributed by atoms with Gasteiger partial charge in [0.2, 0.25) is 0 Å². The molecule has 122 valence electrons. The van der Waals surface area contributed by atoms with Crippen LogP contribution in [0.3, 0.4) is 0 Å². The standard InChI is InChI=1S/C16H16Br2N2OS2/c1-22-9-11-3-13(17)7-15(5-11)19-20(21-19)16-6-12(10-23-2)4-14(18)8-16/h3-8H,9-10H2,1-2H3. The maximum atomic E-state index is 5.68. The number of rotatable bonds is 6. The van der Waals surface area contributed by atoms with Gasteiger partial charge in [0, 0.05) is 20.5 Å². The summed E-state index contributed by atoms with van der Waals surface area (Å²) in [5.74, 6) is 1.96. The van der Waals surface area contributed by atoms with Gasteiger partial charge in [-0.05, 0) is 60.0 Å². The molecule has 0 unspecified atom stereocenters. The smallest absolute Gasteiger partial charge is 0.107 e. The van der Waals surface area contributed by atoms with E-state index in [2.05, 4.69) is 80.8 Å². The lowest BCUT2D eigenvalue weighted by Gasteiger charge is -2.03. The predicted octanol–water partition coefficient (Wildman–Crippen LogP) is 6.11. The Morgan fingerprint density at radius 3 is 1.61 bits per heavy atom. The van der Waals surface area contributed by atoms with Crippen molar-refractivity contribution in [2.24, 2.45) is 0 Å². The van der Waals surface area contributed by atoms with E-state index in [0.29, 0.717) is 0 Å². The summed E-state index contributed by atoms with van der Waals surface area (Å²) >= 11 is 10.8. The van der Waals surface area contributed by atoms with E-state index in [0.717, 1.165) is 31.8 Å². The first kappa shape index (κ1) is 17.3. The van der Waals surface area contributed by atoms with Gasteiger partial charge in [-0.2, -0.15) is 23.5 Å². The van der Waals surface area contributed by atoms with E-state index in [-0.39, 0.29) is 0 Å². The summed E-state index contributed by atoms with van der Waals surface area (Å²) in [4.78, 5) is 3.61. The van der Waals surface area contributed by atoms with E-state index in [1.165, 1.54) is 11.1 Å². The largest absolute Gasteiger partial charge is 0.244 e. The normalized spacial score (nSPS) is 11.3. The molecule has 0 aliphatic rings. The van der Waals surface area contributed by atoms with Crippen LogP contribution in [0.2, 0.25) is 0 Å². The van der Waals surface area contributed by atoms with E-state index in [1.54, 1.807) is 9.71 Å². The van der Waals surface area contributed by atoms with Crippen molar-refractivity contribution in [1.29, 1.82) is 0 Å². The lowest BCUT2D eigenvalue weighted by Crippen LogP contribution is -1.94. The molecule has 0 radical (unpaired) electrons. The minimum Gasteiger partial charge on any atom is -0.244 e. The molecule has 23 heavy (non-hydrogen) atoms. The fourth-order valence-corrected chi connectivity index (χ4v) is 4.41. The molecular weight excluding hydrogens is 460 g/mol. The van der Waals surface area contributed by atoms with Gasteiger partial charge in [0.25, 0.3) is 0 Å². The topological polar surface area (TPSA) is 23.0 Å². The highest BCUT2D eigenvalue weighted by Gasteiger charge is 2.17. The SMILES string of the molecule is CSCc1cc(Br)cc(-n2on2-c2cc(Br)cc(CSC)c2)c1. The summed E-state index contributed by atoms with van der Waals surface area (Å²) in [6, 6.07) is 12.7. The Morgan fingerprint density at radius 2 is 1.22 bits per heavy atom. The third-order valence-corrected chi connectivity index (χ3v) is 5.40. The predicted molar refractivity (Wildman–Crippen MR) is 107 cm³/mol. The average molecular weight is 476 g/mol. The highest BCUT2D eigenvalue weighted by molar-refractivity contribution is 9.10. The maximum absolute atomic E-state index is 5.68. The zero-order chi connectivity index (χ0) is 16.4. The molecule has 0 aliphatic heterocycles. The quantitative estimate of drug-likeness (QED) is 0.429. The summed E-state index contributed by atoms with van der Waals surface area (Å²) in [6.45, 7) is 0. The molecule has 0 N–H and O–H groups in total. The number of halogens is 2. The van der Waals surface area contributed by atoms with Crippen molar-refractivity contribution in [1.82, 2.24) is 9.71 Å². The maximum Gasteiger partial charge on any atom is 0.107 e. The molecule has 0 aliphatic carbocycles. The molecule has 0 fully saturated rings. The molecule has 0 saturated heterocycles. The van der Waals surface area contributed by atoms with Crippen LogP contribution in [0.5, 0.6) is 0 Å². The zero-order valence-corrected chi connectivity index (χ0v) is 17.6. The van der Waals surface area contributed by atoms with Crippen LogP contribution in [-0.2, 0) is 11.5 Å². The average Bonchev–Trinajstić information content (AvgIpc) is 3.27. The van der Waals surface area contributed by atoms with Gasteiger partial charge in [-0.3, -0.25) is 0 Å². The van der Waals surface area contributed by atoms with Crippen molar-refractivity contribution in [2.45, 2.75) is 11.5 Å². The highest BCUT2D eigenvalue weighted by atomic mass is 79.9. The Hall–Kier alpha value is -0.500. The van der Waals surface area contributed by atoms with E-state index >= 15 is 0 Å². The minimum absolute atomic E-state index is 0.981. The van der Waals surface area contributed by atoms with Crippen LogP contribution in [-0.4, -0.2) is 22.2 Å². The first-order chi connectivity index (χ1) is 11.1. The van der Waals surface area contributed by atoms with Crippen molar-refractivity contribution >= 4 is 55.4 Å². The van der Waals surface area contributed by atoms with Gasteiger partial charge in [0.05, 0.1) is 0 Å². The van der Waals surface area contributed by atoms with Gasteiger partial charge in [0.15, 0.2) is 0 Å². The second-order valence-electron chi connectivity index (χ2n) is 5.13. The second kappa shape index (κ2) is 7.59. The van der Waals surface area contributed by atoms with Crippen LogP contribution in [0, 0.1) is 0 Å². The lowest BCUT2D eigenvalue weighted by atomic mass is 10.2. The number of hydrogen-bond acceptors (Lipinski definition) is 3. The third kappa shape index (κ3) is 4.32. The van der Waals surface area contributed by atoms with Gasteiger partial charge in [-0.1, -0.05) is 41.6 Å². The summed E-state index contributed by atoms with van der Waals surface area (Å²) in [6.07, 6.45) is 4.21. The van der Waals surface area contributed by atoms with Gasteiger partial charge in [0.1, 0.15) is 11.4 Å². The molecule has 1 heterocycles. The van der Waals surface area contributed by atoms with Crippen LogP contribution in [0.15, 0.2) is 50.0 Å². The van der Waals surface area contributed by atoms with Crippen LogP contribution < -0.4 is 0 Å². The Bertz CT molecular complexity index is 742. The lowest BCUT2D eigenvalue weighted by molar-refractivity contribution is 0.474. The molecule has 3 nitrogen and oxygen atoms in total. The molecule has 2 aromatic carbocycles. The van der Waals surface area contributed by atoms with Crippen LogP contribution in [0.25, 0.3) is 11.4 Å². The molecule has 0 amide bonds. The first-order valence-electron chi connectivity index (χ1n) is 6.96. The summed E-state index contributed by atoms with van der Waals surface area (Å²) in [7, 11) is 0. The van der Waals surface area contributed by atoms with E-state index in [1.807, 2.05) is 23.5 Å². The van der Waals surface area contributed by atoms with Gasteiger partial charge in [-0.15, -0.1) is 0 Å². The van der Waals surface area contributed by atoms with Gasteiger partial charge >= 0.3 is 0 Å². The fourth-order valence-electron chi connectivity index (χ4n) is 2.35. The van der Waals surface area contributed by atoms with Crippen LogP contribution in [0.1, 0.15) is 11.1 Å². The van der Waals surface area contributed by atoms with Crippen molar-refractivity contribution in [3.63, 3.8) is 0 Å². The molecule has 1 aromatic heterocycles. The zero-order valence-electron chi connectivity index (χ0n) is 12.8. The fraction of sp³-hybridized carbons (Fsp3) is 0.250. The van der Waals surface area contributed by atoms with Gasteiger partial charge < -0.3 is 0 Å². The Labute approximate surface area is 160 Å². The third-order valence-electron chi connectivity index (χ3n) is 3.24. The summed E-state index contributed by atoms with van der Waals surface area (Å²) < 4.78 is 7.80. The van der Waals surface area contributed by atoms with Crippen molar-refractivity contribution in [3.05, 3.63) is 56.5 Å². The van der Waals surface area contributed by atoms with Crippen LogP contribution in [0.4, 0.5) is 0 Å². The number of hydrogen-bond donors (Lipinski definition) is 0. The number of nitrogens with zero attached hydrogens (tertiary/aromatic N) is 2. The van der Waals surface area contributed by atoms with Crippen molar-refractivity contribution in [2.75, 3.05) is 12.5 Å². The molecule has 0 bridgehead atoms. The van der Waals surface area contributed by atoms with E-state index in [4.69, 9.17) is 4.63 Å². The molecule has 0 spiro atoms. The molecular formula is C16H16Br2N2OS2. The van der Waals surface area contributed by atoms with E-state index < -0.39 is 0 Å². The van der Waals surface area contributed by atoms with Crippen LogP contribution >= 0.6 is 55.4 Å². The molecule has 3 rings (SSSR count). The molecule has 7 heteroatoms. The second-order valence-corrected chi connectivity index (χ2v) is 8.69. The van der Waals surface area contributed by atoms with Crippen molar-refractivity contribution in [3.8, 4) is 11.4 Å². The number of thioether (sulfide) groups is 2. The first-order valence-corrected chi connectivity index (χ1v) is 11.3. The number of benzene rings is 2. The summed E-state index contributed by atoms with van der Waals surface area (Å²) in [5, 5.41) is 0. The summed E-state index contributed by atoms with van der Waals surface area (Å²) in [5.41, 5.74) is 4.59. The Kier molecular flexibility index (Phi) is 5.72. The number of aromatic nitrogens is 2. The molecule has 3 aromatic rings. The Morgan fingerprint density at radius 1 is 0.783 bits per heavy atom. The minimum atomic E-state index is 0.981.